The molecule has 5 aliphatic carbocycles. The Balaban J connectivity index is 1.57. The molecule has 0 saturated heterocycles. The number of aliphatic hydroxyl groups excluding tert-OH is 1. The van der Waals surface area contributed by atoms with E-state index in [9.17, 15) is 5.11 Å². The molecule has 0 heterocycles. The third-order valence-electron chi connectivity index (χ3n) is 9.22. The Morgan fingerprint density at radius 1 is 1.08 bits per heavy atom. The number of hydrogen-bond acceptors (Lipinski definition) is 2. The van der Waals surface area contributed by atoms with Crippen LogP contribution in [0.4, 0.5) is 0 Å². The topological polar surface area (TPSA) is 29.5 Å². The Morgan fingerprint density at radius 3 is 2.62 bits per heavy atom. The summed E-state index contributed by atoms with van der Waals surface area (Å²) in [6.07, 6.45) is 13.7. The van der Waals surface area contributed by atoms with E-state index in [1.165, 1.54) is 50.7 Å². The van der Waals surface area contributed by atoms with Crippen molar-refractivity contribution in [2.45, 2.75) is 84.7 Å². The van der Waals surface area contributed by atoms with Gasteiger partial charge in [0.1, 0.15) is 0 Å². The first-order valence-corrected chi connectivity index (χ1v) is 11.2. The van der Waals surface area contributed by atoms with Crippen LogP contribution in [0.25, 0.3) is 0 Å². The molecular weight excluding hydrogens is 320 g/mol. The molecule has 0 aromatic rings. The number of fused-ring (bicyclic) bond motifs is 5. The van der Waals surface area contributed by atoms with Crippen LogP contribution in [-0.2, 0) is 4.74 Å². The standard InChI is InChI=1S/C24H36O2/c1-4-26-16-9-11-23(2)20-10-12-24(3)19(7-8-22(24)25)18(20)14-17(15-5-6-15)21(23)13-16/h13,15,18-20,22,25H,4-12,14H2,1-3H3/t18-,19-,20-,22?,23+,24-/m0/s1. The van der Waals surface area contributed by atoms with E-state index < -0.39 is 0 Å². The SMILES string of the molecule is CCOC1=CC2=C(C3CC3)C[C@@H]3[C@H](CC[C@]4(C)C(O)CC[C@@H]34)[C@@]2(C)CC1. The highest BCUT2D eigenvalue weighted by Crippen LogP contribution is 2.67. The quantitative estimate of drug-likeness (QED) is 0.711. The van der Waals surface area contributed by atoms with Crippen LogP contribution in [0.3, 0.4) is 0 Å². The molecule has 1 N–H and O–H groups in total. The largest absolute Gasteiger partial charge is 0.498 e. The average molecular weight is 357 g/mol. The second-order valence-electron chi connectivity index (χ2n) is 10.4. The molecule has 5 aliphatic rings. The minimum Gasteiger partial charge on any atom is -0.498 e. The van der Waals surface area contributed by atoms with E-state index in [1.54, 1.807) is 11.1 Å². The summed E-state index contributed by atoms with van der Waals surface area (Å²) in [7, 11) is 0. The fraction of sp³-hybridized carbons (Fsp3) is 0.833. The summed E-state index contributed by atoms with van der Waals surface area (Å²) in [6, 6.07) is 0. The van der Waals surface area contributed by atoms with E-state index in [1.807, 2.05) is 0 Å². The Morgan fingerprint density at radius 2 is 1.88 bits per heavy atom. The first kappa shape index (κ1) is 17.3. The molecule has 0 bridgehead atoms. The van der Waals surface area contributed by atoms with Crippen molar-refractivity contribution in [3.05, 3.63) is 23.0 Å². The minimum absolute atomic E-state index is 0.0631. The summed E-state index contributed by atoms with van der Waals surface area (Å²) in [5, 5.41) is 10.7. The lowest BCUT2D eigenvalue weighted by Crippen LogP contribution is -2.51. The Bertz CT molecular complexity index is 657. The van der Waals surface area contributed by atoms with Crippen molar-refractivity contribution < 1.29 is 9.84 Å². The van der Waals surface area contributed by atoms with Crippen molar-refractivity contribution in [1.29, 1.82) is 0 Å². The van der Waals surface area contributed by atoms with Gasteiger partial charge in [0, 0.05) is 6.42 Å². The van der Waals surface area contributed by atoms with E-state index in [0.29, 0.717) is 5.41 Å². The summed E-state index contributed by atoms with van der Waals surface area (Å²) >= 11 is 0. The monoisotopic (exact) mass is 356 g/mol. The van der Waals surface area contributed by atoms with E-state index in [-0.39, 0.29) is 11.5 Å². The molecule has 1 unspecified atom stereocenters. The molecule has 5 rings (SSSR count). The zero-order chi connectivity index (χ0) is 18.1. The van der Waals surface area contributed by atoms with Crippen LogP contribution in [-0.4, -0.2) is 17.8 Å². The molecule has 0 aromatic heterocycles. The zero-order valence-electron chi connectivity index (χ0n) is 16.9. The zero-order valence-corrected chi connectivity index (χ0v) is 16.9. The molecule has 2 heteroatoms. The van der Waals surface area contributed by atoms with Gasteiger partial charge < -0.3 is 9.84 Å². The van der Waals surface area contributed by atoms with Gasteiger partial charge in [0.05, 0.1) is 18.5 Å². The van der Waals surface area contributed by atoms with Gasteiger partial charge in [0.2, 0.25) is 0 Å². The summed E-state index contributed by atoms with van der Waals surface area (Å²) in [4.78, 5) is 0. The van der Waals surface area contributed by atoms with E-state index in [4.69, 9.17) is 4.74 Å². The van der Waals surface area contributed by atoms with Gasteiger partial charge in [-0.2, -0.15) is 0 Å². The summed E-state index contributed by atoms with van der Waals surface area (Å²) in [5.74, 6) is 4.43. The fourth-order valence-electron chi connectivity index (χ4n) is 7.58. The van der Waals surface area contributed by atoms with Gasteiger partial charge in [-0.15, -0.1) is 0 Å². The third kappa shape index (κ3) is 2.33. The van der Waals surface area contributed by atoms with Crippen LogP contribution >= 0.6 is 0 Å². The maximum atomic E-state index is 10.7. The van der Waals surface area contributed by atoms with E-state index in [0.717, 1.165) is 43.1 Å². The van der Waals surface area contributed by atoms with Crippen LogP contribution < -0.4 is 0 Å². The molecule has 144 valence electrons. The molecule has 3 saturated carbocycles. The van der Waals surface area contributed by atoms with Crippen LogP contribution in [0.5, 0.6) is 0 Å². The van der Waals surface area contributed by atoms with Crippen LogP contribution in [0.15, 0.2) is 23.0 Å². The van der Waals surface area contributed by atoms with Gasteiger partial charge in [-0.25, -0.2) is 0 Å². The lowest BCUT2D eigenvalue weighted by atomic mass is 9.47. The molecule has 0 radical (unpaired) electrons. The second-order valence-corrected chi connectivity index (χ2v) is 10.4. The van der Waals surface area contributed by atoms with Gasteiger partial charge in [0.25, 0.3) is 0 Å². The predicted octanol–water partition coefficient (Wildman–Crippen LogP) is 5.62. The maximum Gasteiger partial charge on any atom is 0.0962 e. The van der Waals surface area contributed by atoms with Crippen molar-refractivity contribution >= 4 is 0 Å². The van der Waals surface area contributed by atoms with Gasteiger partial charge in [0.15, 0.2) is 0 Å². The maximum absolute atomic E-state index is 10.7. The highest BCUT2D eigenvalue weighted by molar-refractivity contribution is 5.42. The second kappa shape index (κ2) is 5.87. The van der Waals surface area contributed by atoms with Crippen LogP contribution in [0.2, 0.25) is 0 Å². The molecule has 0 amide bonds. The number of allylic oxidation sites excluding steroid dienone is 4. The normalized spacial score (nSPS) is 47.8. The Hall–Kier alpha value is -0.760. The van der Waals surface area contributed by atoms with Crippen molar-refractivity contribution in [2.75, 3.05) is 6.61 Å². The van der Waals surface area contributed by atoms with Crippen molar-refractivity contribution in [3.8, 4) is 0 Å². The molecule has 2 nitrogen and oxygen atoms in total. The van der Waals surface area contributed by atoms with E-state index in [2.05, 4.69) is 26.8 Å². The molecular formula is C24H36O2. The average Bonchev–Trinajstić information content (AvgIpc) is 3.41. The first-order chi connectivity index (χ1) is 12.5. The lowest BCUT2D eigenvalue weighted by molar-refractivity contribution is -0.0658. The predicted molar refractivity (Wildman–Crippen MR) is 104 cm³/mol. The highest BCUT2D eigenvalue weighted by atomic mass is 16.5. The molecule has 6 atom stereocenters. The molecule has 0 aliphatic heterocycles. The van der Waals surface area contributed by atoms with Gasteiger partial charge >= 0.3 is 0 Å². The molecule has 0 aromatic carbocycles. The number of ether oxygens (including phenoxy) is 1. The summed E-state index contributed by atoms with van der Waals surface area (Å²) in [5.41, 5.74) is 4.00. The van der Waals surface area contributed by atoms with E-state index >= 15 is 0 Å². The van der Waals surface area contributed by atoms with Crippen LogP contribution in [0, 0.1) is 34.5 Å². The highest BCUT2D eigenvalue weighted by Gasteiger charge is 2.59. The van der Waals surface area contributed by atoms with Crippen LogP contribution in [0.1, 0.15) is 78.6 Å². The third-order valence-corrected chi connectivity index (χ3v) is 9.22. The summed E-state index contributed by atoms with van der Waals surface area (Å²) < 4.78 is 5.95. The van der Waals surface area contributed by atoms with Crippen molar-refractivity contribution in [3.63, 3.8) is 0 Å². The van der Waals surface area contributed by atoms with Gasteiger partial charge in [-0.1, -0.05) is 19.4 Å². The number of hydrogen-bond donors (Lipinski definition) is 1. The molecule has 26 heavy (non-hydrogen) atoms. The summed E-state index contributed by atoms with van der Waals surface area (Å²) in [6.45, 7) is 7.88. The first-order valence-electron chi connectivity index (χ1n) is 11.2. The van der Waals surface area contributed by atoms with Crippen molar-refractivity contribution in [1.82, 2.24) is 0 Å². The minimum atomic E-state index is -0.0631. The number of aliphatic hydroxyl groups is 1. The number of rotatable bonds is 3. The van der Waals surface area contributed by atoms with Gasteiger partial charge in [-0.3, -0.25) is 0 Å². The Kier molecular flexibility index (Phi) is 3.91. The molecule has 0 spiro atoms. The molecule has 3 fully saturated rings. The lowest BCUT2D eigenvalue weighted by Gasteiger charge is -2.58. The van der Waals surface area contributed by atoms with Gasteiger partial charge in [-0.05, 0) is 104 Å². The fourth-order valence-corrected chi connectivity index (χ4v) is 7.58. The van der Waals surface area contributed by atoms with Crippen molar-refractivity contribution in [2.24, 2.45) is 34.5 Å². The Labute approximate surface area is 159 Å². The smallest absolute Gasteiger partial charge is 0.0962 e.